The monoisotopic (exact) mass is 642 g/mol. The first-order valence-electron chi connectivity index (χ1n) is 16.1. The number of amides is 2. The maximum absolute atomic E-state index is 14.1. The van der Waals surface area contributed by atoms with Gasteiger partial charge in [-0.1, -0.05) is 38.1 Å². The second-order valence-electron chi connectivity index (χ2n) is 12.0. The van der Waals surface area contributed by atoms with Crippen molar-refractivity contribution < 1.29 is 23.5 Å². The Labute approximate surface area is 276 Å². The Morgan fingerprint density at radius 2 is 1.53 bits per heavy atom. The Morgan fingerprint density at radius 1 is 0.851 bits per heavy atom. The Balaban J connectivity index is 1.51. The quantitative estimate of drug-likeness (QED) is 0.140. The molecular weight excluding hydrogens is 598 g/mol. The summed E-state index contributed by atoms with van der Waals surface area (Å²) in [5.41, 5.74) is 5.43. The van der Waals surface area contributed by atoms with Gasteiger partial charge in [0.1, 0.15) is 11.6 Å². The minimum absolute atomic E-state index is 0.0177. The molecule has 0 bridgehead atoms. The molecule has 1 aromatic heterocycles. The Morgan fingerprint density at radius 3 is 2.21 bits per heavy atom. The molecule has 4 aromatic rings. The molecule has 4 rings (SSSR count). The van der Waals surface area contributed by atoms with Crippen LogP contribution in [0.3, 0.4) is 0 Å². The van der Waals surface area contributed by atoms with Crippen LogP contribution in [0.4, 0.5) is 8.78 Å². The van der Waals surface area contributed by atoms with E-state index >= 15 is 0 Å². The summed E-state index contributed by atoms with van der Waals surface area (Å²) in [7, 11) is 0. The smallest absolute Gasteiger partial charge is 0.253 e. The number of carbonyl (C=O) groups excluding carboxylic acids is 2. The van der Waals surface area contributed by atoms with Crippen LogP contribution in [0, 0.1) is 25.5 Å². The lowest BCUT2D eigenvalue weighted by atomic mass is 9.99. The first kappa shape index (κ1) is 35.4. The molecule has 0 spiro atoms. The van der Waals surface area contributed by atoms with E-state index in [1.54, 1.807) is 23.1 Å². The largest absolute Gasteiger partial charge is 0.390 e. The summed E-state index contributed by atoms with van der Waals surface area (Å²) < 4.78 is 28.1. The molecule has 1 heterocycles. The van der Waals surface area contributed by atoms with Crippen LogP contribution in [-0.2, 0) is 13.0 Å². The molecular formula is C38H44F2N4O3. The minimum atomic E-state index is -1.11. The molecule has 3 aromatic carbocycles. The van der Waals surface area contributed by atoms with Gasteiger partial charge in [-0.05, 0) is 98.3 Å². The van der Waals surface area contributed by atoms with Crippen LogP contribution in [0.25, 0.3) is 11.3 Å². The van der Waals surface area contributed by atoms with Gasteiger partial charge in [0.25, 0.3) is 11.8 Å². The van der Waals surface area contributed by atoms with Crippen molar-refractivity contribution in [1.82, 2.24) is 20.5 Å². The third kappa shape index (κ3) is 10.3. The molecule has 0 radical (unpaired) electrons. The summed E-state index contributed by atoms with van der Waals surface area (Å²) in [6.45, 7) is 9.52. The van der Waals surface area contributed by atoms with E-state index in [1.807, 2.05) is 70.2 Å². The van der Waals surface area contributed by atoms with Gasteiger partial charge in [-0.25, -0.2) is 8.78 Å². The van der Waals surface area contributed by atoms with E-state index in [0.29, 0.717) is 30.8 Å². The number of benzene rings is 3. The number of halogens is 2. The van der Waals surface area contributed by atoms with Crippen LogP contribution in [0.2, 0.25) is 0 Å². The van der Waals surface area contributed by atoms with Crippen LogP contribution < -0.4 is 10.6 Å². The highest BCUT2D eigenvalue weighted by Crippen LogP contribution is 2.19. The second kappa shape index (κ2) is 16.9. The highest BCUT2D eigenvalue weighted by Gasteiger charge is 2.24. The van der Waals surface area contributed by atoms with Crippen molar-refractivity contribution in [2.75, 3.05) is 19.6 Å². The third-order valence-electron chi connectivity index (χ3n) is 7.81. The number of aliphatic hydroxyl groups excluding tert-OH is 1. The van der Waals surface area contributed by atoms with E-state index in [-0.39, 0.29) is 24.4 Å². The first-order valence-corrected chi connectivity index (χ1v) is 16.1. The maximum Gasteiger partial charge on any atom is 0.253 e. The zero-order chi connectivity index (χ0) is 33.9. The van der Waals surface area contributed by atoms with Crippen molar-refractivity contribution in [1.29, 1.82) is 0 Å². The molecule has 7 nitrogen and oxygen atoms in total. The number of nitrogens with zero attached hydrogens (tertiary/aromatic N) is 2. The van der Waals surface area contributed by atoms with Gasteiger partial charge in [-0.15, -0.1) is 0 Å². The predicted molar refractivity (Wildman–Crippen MR) is 181 cm³/mol. The molecule has 0 aliphatic rings. The van der Waals surface area contributed by atoms with Crippen molar-refractivity contribution in [3.63, 3.8) is 0 Å². The number of aromatic nitrogens is 1. The number of rotatable bonds is 15. The average molecular weight is 643 g/mol. The fourth-order valence-electron chi connectivity index (χ4n) is 5.64. The summed E-state index contributed by atoms with van der Waals surface area (Å²) in [5, 5.41) is 17.4. The predicted octanol–water partition coefficient (Wildman–Crippen LogP) is 6.40. The first-order chi connectivity index (χ1) is 22.6. The van der Waals surface area contributed by atoms with Gasteiger partial charge in [0, 0.05) is 54.6 Å². The molecule has 9 heteroatoms. The zero-order valence-corrected chi connectivity index (χ0v) is 27.5. The number of nitrogens with one attached hydrogen (secondary N) is 2. The van der Waals surface area contributed by atoms with E-state index in [4.69, 9.17) is 0 Å². The SMILES string of the molecule is CCCN(CCC)C(=O)c1cc(C)cc(C(=O)N[C@@H](Cc2cc(F)cc(F)c2)[C@H](O)CNCc2cccc(-c3cccc(C)n3)c2)c1. The Hall–Kier alpha value is -4.47. The van der Waals surface area contributed by atoms with E-state index in [0.717, 1.165) is 47.0 Å². The lowest BCUT2D eigenvalue weighted by Gasteiger charge is -2.25. The summed E-state index contributed by atoms with van der Waals surface area (Å²) in [6, 6.07) is 21.0. The molecule has 2 amide bonds. The number of aryl methyl sites for hydroxylation is 2. The van der Waals surface area contributed by atoms with Crippen LogP contribution in [0.1, 0.15) is 69.8 Å². The molecule has 2 atom stereocenters. The number of hydrogen-bond acceptors (Lipinski definition) is 5. The molecule has 3 N–H and O–H groups in total. The standard InChI is InChI=1S/C38H44F2N4O3/c1-5-13-44(14-6-2)38(47)31-16-25(3)15-30(21-31)37(46)43-35(20-28-18-32(39)22-33(40)19-28)36(45)24-41-23-27-10-8-11-29(17-27)34-12-7-9-26(4)42-34/h7-12,15-19,21-22,35-36,41,45H,5-6,13-14,20,23-24H2,1-4H3,(H,43,46)/t35-,36+/m0/s1. The molecule has 248 valence electrons. The number of pyridine rings is 1. The van der Waals surface area contributed by atoms with Crippen LogP contribution >= 0.6 is 0 Å². The van der Waals surface area contributed by atoms with Crippen LogP contribution in [-0.4, -0.2) is 58.6 Å². The van der Waals surface area contributed by atoms with Crippen molar-refractivity contribution in [3.05, 3.63) is 124 Å². The van der Waals surface area contributed by atoms with Gasteiger partial charge >= 0.3 is 0 Å². The number of hydrogen-bond donors (Lipinski definition) is 3. The summed E-state index contributed by atoms with van der Waals surface area (Å²) in [4.78, 5) is 33.3. The molecule has 0 aliphatic heterocycles. The van der Waals surface area contributed by atoms with Gasteiger partial charge in [0.2, 0.25) is 0 Å². The molecule has 0 saturated heterocycles. The van der Waals surface area contributed by atoms with Crippen molar-refractivity contribution in [2.45, 2.75) is 65.6 Å². The topological polar surface area (TPSA) is 94.6 Å². The maximum atomic E-state index is 14.1. The summed E-state index contributed by atoms with van der Waals surface area (Å²) in [5.74, 6) is -2.14. The minimum Gasteiger partial charge on any atom is -0.390 e. The zero-order valence-electron chi connectivity index (χ0n) is 27.5. The van der Waals surface area contributed by atoms with Gasteiger partial charge in [0.05, 0.1) is 17.8 Å². The lowest BCUT2D eigenvalue weighted by Crippen LogP contribution is -2.48. The Kier molecular flexibility index (Phi) is 12.7. The van der Waals surface area contributed by atoms with E-state index in [2.05, 4.69) is 15.6 Å². The van der Waals surface area contributed by atoms with Gasteiger partial charge in [-0.3, -0.25) is 14.6 Å². The number of carbonyl (C=O) groups is 2. The Bertz CT molecular complexity index is 1650. The molecule has 47 heavy (non-hydrogen) atoms. The van der Waals surface area contributed by atoms with Gasteiger partial charge in [0.15, 0.2) is 0 Å². The molecule has 0 fully saturated rings. The normalized spacial score (nSPS) is 12.4. The third-order valence-corrected chi connectivity index (χ3v) is 7.81. The molecule has 0 aliphatic carbocycles. The van der Waals surface area contributed by atoms with Crippen LogP contribution in [0.5, 0.6) is 0 Å². The molecule has 0 saturated carbocycles. The van der Waals surface area contributed by atoms with Gasteiger partial charge < -0.3 is 20.6 Å². The van der Waals surface area contributed by atoms with Crippen molar-refractivity contribution >= 4 is 11.8 Å². The van der Waals surface area contributed by atoms with E-state index < -0.39 is 29.7 Å². The van der Waals surface area contributed by atoms with Gasteiger partial charge in [-0.2, -0.15) is 0 Å². The fraction of sp³-hybridized carbons (Fsp3) is 0.342. The average Bonchev–Trinajstić information content (AvgIpc) is 3.03. The second-order valence-corrected chi connectivity index (χ2v) is 12.0. The highest BCUT2D eigenvalue weighted by atomic mass is 19.1. The van der Waals surface area contributed by atoms with E-state index in [1.165, 1.54) is 12.1 Å². The number of aliphatic hydroxyl groups is 1. The summed E-state index contributed by atoms with van der Waals surface area (Å²) >= 11 is 0. The summed E-state index contributed by atoms with van der Waals surface area (Å²) in [6.07, 6.45) is 0.501. The van der Waals surface area contributed by atoms with E-state index in [9.17, 15) is 23.5 Å². The molecule has 0 unspecified atom stereocenters. The fourth-order valence-corrected chi connectivity index (χ4v) is 5.64. The van der Waals surface area contributed by atoms with Crippen molar-refractivity contribution in [3.8, 4) is 11.3 Å². The van der Waals surface area contributed by atoms with Crippen molar-refractivity contribution in [2.24, 2.45) is 0 Å². The lowest BCUT2D eigenvalue weighted by molar-refractivity contribution is 0.0755. The van der Waals surface area contributed by atoms with Crippen LogP contribution in [0.15, 0.2) is 78.9 Å². The highest BCUT2D eigenvalue weighted by molar-refractivity contribution is 6.00.